The van der Waals surface area contributed by atoms with Gasteiger partial charge in [0.15, 0.2) is 5.15 Å². The van der Waals surface area contributed by atoms with Gasteiger partial charge >= 0.3 is 7.60 Å². The molecular weight excluding hydrogens is 533 g/mol. The summed E-state index contributed by atoms with van der Waals surface area (Å²) in [5.41, 5.74) is -0.189. The summed E-state index contributed by atoms with van der Waals surface area (Å²) in [6.45, 7) is 13.6. The van der Waals surface area contributed by atoms with Gasteiger partial charge in [0.25, 0.3) is 0 Å². The highest BCUT2D eigenvalue weighted by molar-refractivity contribution is 7.53. The molecule has 0 aliphatic heterocycles. The summed E-state index contributed by atoms with van der Waals surface area (Å²) in [5.74, 6) is -0.163. The summed E-state index contributed by atoms with van der Waals surface area (Å²) in [7, 11) is -4.85. The maximum absolute atomic E-state index is 12.8. The first-order valence-electron chi connectivity index (χ1n) is 11.3. The van der Waals surface area contributed by atoms with E-state index in [-0.39, 0.29) is 54.2 Å². The fourth-order valence-corrected chi connectivity index (χ4v) is 4.90. The van der Waals surface area contributed by atoms with Gasteiger partial charge < -0.3 is 19.1 Å². The molecule has 0 aliphatic carbocycles. The second-order valence-electron chi connectivity index (χ2n) is 8.76. The highest BCUT2D eigenvalue weighted by atomic mass is 35.5. The molecule has 1 radical (unpaired) electrons. The highest BCUT2D eigenvalue weighted by Crippen LogP contribution is 2.48. The predicted octanol–water partition coefficient (Wildman–Crippen LogP) is 4.23. The van der Waals surface area contributed by atoms with Crippen molar-refractivity contribution in [1.29, 1.82) is 0 Å². The summed E-state index contributed by atoms with van der Waals surface area (Å²) in [6.07, 6.45) is 0.390. The van der Waals surface area contributed by atoms with E-state index in [0.29, 0.717) is 19.2 Å². The third kappa shape index (κ3) is 11.6. The fraction of sp³-hybridized carbons (Fsp3) is 0.700. The van der Waals surface area contributed by atoms with Crippen molar-refractivity contribution in [2.24, 2.45) is 5.41 Å². The summed E-state index contributed by atoms with van der Waals surface area (Å²) in [6, 6.07) is 0. The first-order valence-corrected chi connectivity index (χ1v) is 15.8. The lowest BCUT2D eigenvalue weighted by atomic mass is 9.89. The molecule has 0 saturated carbocycles. The van der Waals surface area contributed by atoms with Crippen molar-refractivity contribution in [3.8, 4) is 0 Å². The number of nitrogens with zero attached hydrogens (tertiary/aromatic N) is 3. The lowest BCUT2D eigenvalue weighted by molar-refractivity contribution is -0.108. The zero-order valence-electron chi connectivity index (χ0n) is 21.7. The number of halogens is 1. The normalized spacial score (nSPS) is 12.9. The van der Waals surface area contributed by atoms with Crippen molar-refractivity contribution in [1.82, 2.24) is 9.97 Å². The molecule has 2 amide bonds. The molecule has 1 rings (SSSR count). The Balaban J connectivity index is 3.30. The Bertz CT molecular complexity index is 882. The molecule has 16 heteroatoms. The van der Waals surface area contributed by atoms with E-state index in [2.05, 4.69) is 20.6 Å². The van der Waals surface area contributed by atoms with Crippen molar-refractivity contribution in [3.05, 3.63) is 5.15 Å². The molecule has 205 valence electrons. The van der Waals surface area contributed by atoms with Crippen LogP contribution in [0.1, 0.15) is 41.0 Å². The van der Waals surface area contributed by atoms with Gasteiger partial charge in [-0.15, -0.1) is 5.23 Å². The molecule has 1 heterocycles. The molecule has 0 aliphatic rings. The van der Waals surface area contributed by atoms with Gasteiger partial charge in [-0.25, -0.2) is 4.84 Å². The zero-order valence-corrected chi connectivity index (χ0v) is 24.4. The molecule has 0 spiro atoms. The Morgan fingerprint density at radius 3 is 2.22 bits per heavy atom. The summed E-state index contributed by atoms with van der Waals surface area (Å²) in [5, 5.41) is 5.64. The van der Waals surface area contributed by atoms with E-state index in [1.165, 1.54) is 0 Å². The molecule has 1 aromatic heterocycles. The third-order valence-electron chi connectivity index (χ3n) is 3.97. The van der Waals surface area contributed by atoms with Crippen LogP contribution in [-0.4, -0.2) is 64.1 Å². The Morgan fingerprint density at radius 1 is 1.11 bits per heavy atom. The minimum Gasteiger partial charge on any atom is -0.366 e. The average Bonchev–Trinajstić information content (AvgIpc) is 2.74. The van der Waals surface area contributed by atoms with Crippen LogP contribution in [0.3, 0.4) is 0 Å². The number of carbonyl (C=O) groups is 2. The number of aromatic nitrogens is 2. The summed E-state index contributed by atoms with van der Waals surface area (Å²) < 4.78 is 35.0. The van der Waals surface area contributed by atoms with Crippen molar-refractivity contribution in [3.63, 3.8) is 0 Å². The number of rotatable bonds is 18. The van der Waals surface area contributed by atoms with E-state index < -0.39 is 22.7 Å². The maximum atomic E-state index is 12.8. The maximum Gasteiger partial charge on any atom is 0.356 e. The number of amides is 2. The molecule has 1 atom stereocenters. The zero-order chi connectivity index (χ0) is 27.4. The van der Waals surface area contributed by atoms with Crippen molar-refractivity contribution in [2.45, 2.75) is 60.2 Å². The minimum atomic E-state index is -3.43. The number of ether oxygens (including phenoxy) is 1. The molecule has 0 fully saturated rings. The lowest BCUT2D eigenvalue weighted by Gasteiger charge is -2.32. The fourth-order valence-electron chi connectivity index (χ4n) is 2.88. The Kier molecular flexibility index (Phi) is 14.0. The van der Waals surface area contributed by atoms with Crippen LogP contribution in [0, 0.1) is 5.41 Å². The van der Waals surface area contributed by atoms with Gasteiger partial charge in [0, 0.05) is 0 Å². The van der Waals surface area contributed by atoms with E-state index in [4.69, 9.17) is 34.7 Å². The molecule has 2 N–H and O–H groups in total. The van der Waals surface area contributed by atoms with Crippen molar-refractivity contribution >= 4 is 58.5 Å². The van der Waals surface area contributed by atoms with Crippen molar-refractivity contribution < 1.29 is 37.3 Å². The molecule has 0 aromatic carbocycles. The topological polar surface area (TPSA) is 150 Å². The van der Waals surface area contributed by atoms with Crippen LogP contribution in [0.15, 0.2) is 0 Å². The monoisotopic (exact) mass is 568 g/mol. The smallest absolute Gasteiger partial charge is 0.356 e. The standard InChI is InChI=1S/C20H36ClN5O8PSi/c1-8-31-35(29,32-9-2)14-30-11-15(10-20(3,4)5)33-26(34-36(6)7)18-16(22-12-27)17(21)24-19(25-18)23-13-28/h12-13,15H,8-11,14H2,1-7H3,(H,22,27)(H,23,24,25,28). The van der Waals surface area contributed by atoms with E-state index >= 15 is 0 Å². The number of nitrogens with one attached hydrogen (secondary N) is 2. The van der Waals surface area contributed by atoms with Gasteiger partial charge in [-0.1, -0.05) is 32.4 Å². The number of hydrogen-bond acceptors (Lipinski definition) is 11. The van der Waals surface area contributed by atoms with E-state index in [9.17, 15) is 14.2 Å². The summed E-state index contributed by atoms with van der Waals surface area (Å²) >= 11 is 6.22. The van der Waals surface area contributed by atoms with Gasteiger partial charge in [-0.05, 0) is 38.8 Å². The van der Waals surface area contributed by atoms with Gasteiger partial charge in [0.1, 0.15) is 18.1 Å². The van der Waals surface area contributed by atoms with Crippen molar-refractivity contribution in [2.75, 3.05) is 42.0 Å². The molecule has 13 nitrogen and oxygen atoms in total. The minimum absolute atomic E-state index is 0.00543. The SMILES string of the molecule is CCOP(=O)(COCC(CC(C)(C)C)ON(O[Si](C)C)c1nc(NC=O)nc(Cl)c1NC=O)OCC. The molecular formula is C20H36ClN5O8PSi. The number of hydrogen-bond donors (Lipinski definition) is 2. The molecule has 0 saturated heterocycles. The first-order chi connectivity index (χ1) is 16.9. The van der Waals surface area contributed by atoms with Crippen LogP contribution in [0.2, 0.25) is 18.2 Å². The third-order valence-corrected chi connectivity index (χ3v) is 6.57. The molecule has 1 aromatic rings. The van der Waals surface area contributed by atoms with Gasteiger partial charge in [-0.3, -0.25) is 24.0 Å². The second-order valence-corrected chi connectivity index (χ2v) is 13.1. The van der Waals surface area contributed by atoms with Crippen LogP contribution in [0.5, 0.6) is 0 Å². The molecule has 0 bridgehead atoms. The van der Waals surface area contributed by atoms with Gasteiger partial charge in [0.2, 0.25) is 33.6 Å². The summed E-state index contributed by atoms with van der Waals surface area (Å²) in [4.78, 5) is 36.5. The molecule has 1 unspecified atom stereocenters. The number of carbonyl (C=O) groups excluding carboxylic acids is 2. The van der Waals surface area contributed by atoms with E-state index in [1.807, 2.05) is 33.9 Å². The predicted molar refractivity (Wildman–Crippen MR) is 138 cm³/mol. The second kappa shape index (κ2) is 15.6. The van der Waals surface area contributed by atoms with Crippen LogP contribution < -0.4 is 15.9 Å². The first kappa shape index (κ1) is 32.4. The Hall–Kier alpha value is -1.64. The quantitative estimate of drug-likeness (QED) is 0.0860. The van der Waals surface area contributed by atoms with E-state index in [0.717, 1.165) is 5.23 Å². The highest BCUT2D eigenvalue weighted by Gasteiger charge is 2.30. The average molecular weight is 569 g/mol. The Labute approximate surface area is 218 Å². The van der Waals surface area contributed by atoms with Crippen LogP contribution in [-0.2, 0) is 37.3 Å². The van der Waals surface area contributed by atoms with Crippen LogP contribution in [0.4, 0.5) is 17.5 Å². The molecule has 36 heavy (non-hydrogen) atoms. The van der Waals surface area contributed by atoms with Gasteiger partial charge in [0.05, 0.1) is 19.8 Å². The largest absolute Gasteiger partial charge is 0.366 e. The lowest BCUT2D eigenvalue weighted by Crippen LogP contribution is -2.38. The van der Waals surface area contributed by atoms with E-state index in [1.54, 1.807) is 13.8 Å². The number of anilines is 3. The van der Waals surface area contributed by atoms with Crippen LogP contribution in [0.25, 0.3) is 0 Å². The van der Waals surface area contributed by atoms with Crippen LogP contribution >= 0.6 is 19.2 Å². The Morgan fingerprint density at radius 2 is 1.72 bits per heavy atom. The van der Waals surface area contributed by atoms with Gasteiger partial charge in [-0.2, -0.15) is 9.97 Å².